The largest absolute Gasteiger partial charge is 0.493 e. The van der Waals surface area contributed by atoms with Gasteiger partial charge in [0.25, 0.3) is 0 Å². The van der Waals surface area contributed by atoms with Gasteiger partial charge >= 0.3 is 0 Å². The summed E-state index contributed by atoms with van der Waals surface area (Å²) in [5.41, 5.74) is 2.45. The zero-order valence-electron chi connectivity index (χ0n) is 11.7. The van der Waals surface area contributed by atoms with Gasteiger partial charge in [-0.25, -0.2) is 0 Å². The zero-order chi connectivity index (χ0) is 13.4. The molecule has 0 saturated carbocycles. The molecule has 0 aliphatic rings. The lowest BCUT2D eigenvalue weighted by Crippen LogP contribution is -2.11. The van der Waals surface area contributed by atoms with Crippen molar-refractivity contribution >= 4 is 0 Å². The van der Waals surface area contributed by atoms with Crippen molar-refractivity contribution in [1.82, 2.24) is 5.32 Å². The number of allylic oxidation sites excluding steroid dienone is 1. The van der Waals surface area contributed by atoms with E-state index in [-0.39, 0.29) is 0 Å². The molecule has 0 atom stereocenters. The average Bonchev–Trinajstić information content (AvgIpc) is 2.36. The molecule has 1 aromatic rings. The summed E-state index contributed by atoms with van der Waals surface area (Å²) in [6.45, 7) is 8.59. The van der Waals surface area contributed by atoms with Gasteiger partial charge in [-0.05, 0) is 44.2 Å². The molecule has 0 fully saturated rings. The van der Waals surface area contributed by atoms with Crippen LogP contribution < -0.4 is 14.8 Å². The van der Waals surface area contributed by atoms with Crippen LogP contribution in [0.25, 0.3) is 0 Å². The normalized spacial score (nSPS) is 10.0. The average molecular weight is 249 g/mol. The minimum absolute atomic E-state index is 0.573. The predicted octanol–water partition coefficient (Wildman–Crippen LogP) is 3.15. The van der Waals surface area contributed by atoms with Crippen molar-refractivity contribution < 1.29 is 9.47 Å². The molecule has 0 aliphatic heterocycles. The highest BCUT2D eigenvalue weighted by Crippen LogP contribution is 2.28. The number of benzene rings is 1. The van der Waals surface area contributed by atoms with E-state index in [4.69, 9.17) is 9.47 Å². The van der Waals surface area contributed by atoms with Crippen molar-refractivity contribution in [3.8, 4) is 11.5 Å². The third-order valence-corrected chi connectivity index (χ3v) is 2.54. The molecular formula is C15H23NO2. The number of hydrogen-bond donors (Lipinski definition) is 1. The first kappa shape index (κ1) is 14.6. The van der Waals surface area contributed by atoms with Crippen LogP contribution in [-0.2, 0) is 6.54 Å². The number of nitrogens with one attached hydrogen (secondary N) is 1. The van der Waals surface area contributed by atoms with E-state index in [1.165, 1.54) is 11.1 Å². The molecule has 0 heterocycles. The predicted molar refractivity (Wildman–Crippen MR) is 75.3 cm³/mol. The van der Waals surface area contributed by atoms with Crippen LogP contribution in [-0.4, -0.2) is 20.3 Å². The summed E-state index contributed by atoms with van der Waals surface area (Å²) in [6, 6.07) is 6.03. The van der Waals surface area contributed by atoms with Gasteiger partial charge in [-0.15, -0.1) is 0 Å². The Morgan fingerprint density at radius 3 is 2.67 bits per heavy atom. The number of hydrogen-bond acceptors (Lipinski definition) is 3. The number of methoxy groups -OCH3 is 1. The Hall–Kier alpha value is -1.48. The second kappa shape index (κ2) is 7.77. The highest BCUT2D eigenvalue weighted by atomic mass is 16.5. The second-order valence-corrected chi connectivity index (χ2v) is 4.36. The molecule has 0 amide bonds. The maximum atomic E-state index is 5.73. The summed E-state index contributed by atoms with van der Waals surface area (Å²) < 4.78 is 11.0. The van der Waals surface area contributed by atoms with E-state index in [2.05, 4.69) is 38.2 Å². The van der Waals surface area contributed by atoms with Crippen LogP contribution in [0.2, 0.25) is 0 Å². The van der Waals surface area contributed by atoms with E-state index in [1.54, 1.807) is 7.11 Å². The molecule has 0 bridgehead atoms. The molecule has 100 valence electrons. The molecule has 0 radical (unpaired) electrons. The summed E-state index contributed by atoms with van der Waals surface area (Å²) in [6.07, 6.45) is 2.05. The Kier molecular flexibility index (Phi) is 6.29. The molecule has 1 rings (SSSR count). The fourth-order valence-corrected chi connectivity index (χ4v) is 1.51. The smallest absolute Gasteiger partial charge is 0.161 e. The Balaban J connectivity index is 2.75. The van der Waals surface area contributed by atoms with E-state index in [1.807, 2.05) is 12.1 Å². The second-order valence-electron chi connectivity index (χ2n) is 4.36. The van der Waals surface area contributed by atoms with Gasteiger partial charge in [-0.1, -0.05) is 18.6 Å². The lowest BCUT2D eigenvalue weighted by atomic mass is 10.2. The molecule has 0 saturated heterocycles. The molecule has 1 aromatic carbocycles. The van der Waals surface area contributed by atoms with Crippen molar-refractivity contribution in [2.45, 2.75) is 27.3 Å². The Morgan fingerprint density at radius 2 is 2.06 bits per heavy atom. The summed E-state index contributed by atoms with van der Waals surface area (Å²) in [5.74, 6) is 1.57. The van der Waals surface area contributed by atoms with Crippen LogP contribution in [0.1, 0.15) is 26.3 Å². The molecule has 1 N–H and O–H groups in total. The van der Waals surface area contributed by atoms with Gasteiger partial charge in [0.15, 0.2) is 11.5 Å². The van der Waals surface area contributed by atoms with Gasteiger partial charge in [0.1, 0.15) is 6.61 Å². The highest BCUT2D eigenvalue weighted by molar-refractivity contribution is 5.43. The van der Waals surface area contributed by atoms with Crippen LogP contribution in [0.15, 0.2) is 29.8 Å². The third kappa shape index (κ3) is 4.80. The van der Waals surface area contributed by atoms with Crippen molar-refractivity contribution in [2.75, 3.05) is 20.3 Å². The highest BCUT2D eigenvalue weighted by Gasteiger charge is 2.05. The first-order valence-electron chi connectivity index (χ1n) is 6.31. The fraction of sp³-hybridized carbons (Fsp3) is 0.467. The summed E-state index contributed by atoms with van der Waals surface area (Å²) in [4.78, 5) is 0. The first-order chi connectivity index (χ1) is 8.67. The summed E-state index contributed by atoms with van der Waals surface area (Å²) >= 11 is 0. The Morgan fingerprint density at radius 1 is 1.28 bits per heavy atom. The molecular weight excluding hydrogens is 226 g/mol. The molecule has 3 nitrogen and oxygen atoms in total. The van der Waals surface area contributed by atoms with Crippen molar-refractivity contribution in [1.29, 1.82) is 0 Å². The lowest BCUT2D eigenvalue weighted by Gasteiger charge is -2.11. The van der Waals surface area contributed by atoms with Gasteiger partial charge in [-0.2, -0.15) is 0 Å². The maximum absolute atomic E-state index is 5.73. The van der Waals surface area contributed by atoms with Gasteiger partial charge in [-0.3, -0.25) is 0 Å². The van der Waals surface area contributed by atoms with Gasteiger partial charge < -0.3 is 14.8 Å². The standard InChI is InChI=1S/C15H23NO2/c1-5-16-11-13-6-7-14(17-4)15(10-13)18-9-8-12(2)3/h6-8,10,16H,5,9,11H2,1-4H3. The molecule has 18 heavy (non-hydrogen) atoms. The molecule has 0 spiro atoms. The van der Waals surface area contributed by atoms with E-state index in [9.17, 15) is 0 Å². The van der Waals surface area contributed by atoms with Gasteiger partial charge in [0.2, 0.25) is 0 Å². The van der Waals surface area contributed by atoms with Crippen LogP contribution in [0.4, 0.5) is 0 Å². The number of ether oxygens (including phenoxy) is 2. The summed E-state index contributed by atoms with van der Waals surface area (Å²) in [7, 11) is 1.66. The quantitative estimate of drug-likeness (QED) is 0.753. The maximum Gasteiger partial charge on any atom is 0.161 e. The monoisotopic (exact) mass is 249 g/mol. The summed E-state index contributed by atoms with van der Waals surface area (Å²) in [5, 5.41) is 3.30. The van der Waals surface area contributed by atoms with E-state index >= 15 is 0 Å². The van der Waals surface area contributed by atoms with E-state index in [0.717, 1.165) is 24.6 Å². The Bertz CT molecular complexity index is 395. The van der Waals surface area contributed by atoms with Crippen LogP contribution in [0.5, 0.6) is 11.5 Å². The van der Waals surface area contributed by atoms with Gasteiger partial charge in [0, 0.05) is 6.54 Å². The van der Waals surface area contributed by atoms with Crippen LogP contribution in [0.3, 0.4) is 0 Å². The van der Waals surface area contributed by atoms with Crippen LogP contribution >= 0.6 is 0 Å². The third-order valence-electron chi connectivity index (χ3n) is 2.54. The fourth-order valence-electron chi connectivity index (χ4n) is 1.51. The molecule has 0 aromatic heterocycles. The SMILES string of the molecule is CCNCc1ccc(OC)c(OCC=C(C)C)c1. The Labute approximate surface area is 110 Å². The molecule has 0 aliphatic carbocycles. The van der Waals surface area contributed by atoms with Gasteiger partial charge in [0.05, 0.1) is 7.11 Å². The first-order valence-corrected chi connectivity index (χ1v) is 6.31. The minimum atomic E-state index is 0.573. The van der Waals surface area contributed by atoms with Crippen molar-refractivity contribution in [3.63, 3.8) is 0 Å². The van der Waals surface area contributed by atoms with Crippen LogP contribution in [0, 0.1) is 0 Å². The van der Waals surface area contributed by atoms with Crippen molar-refractivity contribution in [3.05, 3.63) is 35.4 Å². The van der Waals surface area contributed by atoms with E-state index in [0.29, 0.717) is 6.61 Å². The topological polar surface area (TPSA) is 30.5 Å². The minimum Gasteiger partial charge on any atom is -0.493 e. The molecule has 3 heteroatoms. The van der Waals surface area contributed by atoms with E-state index < -0.39 is 0 Å². The van der Waals surface area contributed by atoms with Crippen molar-refractivity contribution in [2.24, 2.45) is 0 Å². The number of rotatable bonds is 7. The zero-order valence-corrected chi connectivity index (χ0v) is 11.7. The molecule has 0 unspecified atom stereocenters. The lowest BCUT2D eigenvalue weighted by molar-refractivity contribution is 0.325.